The predicted molar refractivity (Wildman–Crippen MR) is 158 cm³/mol. The Balaban J connectivity index is 1.33. The Bertz CT molecular complexity index is 1430. The number of nitrogens with one attached hydrogen (secondary N) is 1. The van der Waals surface area contributed by atoms with Gasteiger partial charge in [0, 0.05) is 23.5 Å². The lowest BCUT2D eigenvalue weighted by Crippen LogP contribution is -2.37. The van der Waals surface area contributed by atoms with E-state index >= 15 is 0 Å². The highest BCUT2D eigenvalue weighted by atomic mass is 19.3. The lowest BCUT2D eigenvalue weighted by atomic mass is 9.73. The molecule has 0 saturated heterocycles. The largest absolute Gasteiger partial charge is 0.508 e. The molecule has 3 aromatic rings. The molecule has 0 spiro atoms. The molecule has 1 unspecified atom stereocenters. The minimum absolute atomic E-state index is 0.0456. The smallest absolute Gasteiger partial charge is 0.462 e. The number of alkyl halides is 2. The van der Waals surface area contributed by atoms with Crippen molar-refractivity contribution >= 4 is 23.8 Å². The Hall–Kier alpha value is -4.19. The molecule has 3 aromatic heterocycles. The molecule has 1 saturated carbocycles. The van der Waals surface area contributed by atoms with Gasteiger partial charge in [-0.05, 0) is 101 Å². The van der Waals surface area contributed by atoms with Crippen molar-refractivity contribution in [3.8, 4) is 11.3 Å². The summed E-state index contributed by atoms with van der Waals surface area (Å²) < 4.78 is 41.2. The van der Waals surface area contributed by atoms with Crippen molar-refractivity contribution in [1.82, 2.24) is 15.0 Å². The van der Waals surface area contributed by atoms with Gasteiger partial charge in [0.25, 0.3) is 6.43 Å². The Morgan fingerprint density at radius 1 is 1.02 bits per heavy atom. The van der Waals surface area contributed by atoms with Gasteiger partial charge >= 0.3 is 12.1 Å². The predicted octanol–water partition coefficient (Wildman–Crippen LogP) is 6.65. The van der Waals surface area contributed by atoms with Crippen LogP contribution in [0.25, 0.3) is 11.3 Å². The Morgan fingerprint density at radius 3 is 2.41 bits per heavy atom. The summed E-state index contributed by atoms with van der Waals surface area (Å²) in [5.41, 5.74) is 1.40. The van der Waals surface area contributed by atoms with E-state index in [1.54, 1.807) is 39.1 Å². The second-order valence-corrected chi connectivity index (χ2v) is 11.4. The van der Waals surface area contributed by atoms with E-state index in [-0.39, 0.29) is 48.5 Å². The SMILES string of the molecule is Cc1cc(Nc2cc(C(F)F)ccn2)nc(-c2ccc(C(C)(O)C3CCC(C(=O)OCCOC(=O)OC(C)C)CC3)nc2)c1. The topological polar surface area (TPSA) is 133 Å². The van der Waals surface area contributed by atoms with E-state index in [9.17, 15) is 23.5 Å². The number of rotatable bonds is 11. The number of esters is 1. The summed E-state index contributed by atoms with van der Waals surface area (Å²) in [5.74, 6) is -0.0291. The summed E-state index contributed by atoms with van der Waals surface area (Å²) in [4.78, 5) is 37.2. The van der Waals surface area contributed by atoms with Gasteiger partial charge in [0.2, 0.25) is 0 Å². The molecule has 0 aromatic carbocycles. The molecular weight excluding hydrogens is 574 g/mol. The number of nitrogens with zero attached hydrogens (tertiary/aromatic N) is 3. The number of carbonyl (C=O) groups is 2. The van der Waals surface area contributed by atoms with Crippen molar-refractivity contribution in [1.29, 1.82) is 0 Å². The molecule has 0 aliphatic heterocycles. The fourth-order valence-corrected chi connectivity index (χ4v) is 5.22. The van der Waals surface area contributed by atoms with Crippen molar-refractivity contribution in [2.75, 3.05) is 18.5 Å². The van der Waals surface area contributed by atoms with Crippen LogP contribution in [0.15, 0.2) is 48.8 Å². The first-order valence-electron chi connectivity index (χ1n) is 14.6. The average molecular weight is 613 g/mol. The molecule has 2 N–H and O–H groups in total. The summed E-state index contributed by atoms with van der Waals surface area (Å²) in [7, 11) is 0. The summed E-state index contributed by atoms with van der Waals surface area (Å²) in [6.07, 6.45) is 1.62. The molecule has 3 heterocycles. The molecule has 1 aliphatic rings. The van der Waals surface area contributed by atoms with Crippen molar-refractivity contribution in [2.24, 2.45) is 11.8 Å². The number of aromatic nitrogens is 3. The quantitative estimate of drug-likeness (QED) is 0.179. The van der Waals surface area contributed by atoms with Crippen LogP contribution in [-0.4, -0.2) is 51.5 Å². The zero-order valence-electron chi connectivity index (χ0n) is 25.3. The third kappa shape index (κ3) is 8.68. The molecule has 1 fully saturated rings. The molecule has 12 heteroatoms. The van der Waals surface area contributed by atoms with Crippen molar-refractivity contribution in [2.45, 2.75) is 71.5 Å². The van der Waals surface area contributed by atoms with Gasteiger partial charge in [-0.2, -0.15) is 0 Å². The minimum Gasteiger partial charge on any atom is -0.462 e. The summed E-state index contributed by atoms with van der Waals surface area (Å²) in [5, 5.41) is 14.5. The number of halogens is 2. The lowest BCUT2D eigenvalue weighted by Gasteiger charge is -2.37. The number of ether oxygens (including phenoxy) is 3. The maximum atomic E-state index is 13.1. The number of pyridine rings is 3. The van der Waals surface area contributed by atoms with Crippen LogP contribution >= 0.6 is 0 Å². The maximum Gasteiger partial charge on any atom is 0.508 e. The Morgan fingerprint density at radius 2 is 1.75 bits per heavy atom. The highest BCUT2D eigenvalue weighted by Crippen LogP contribution is 2.41. The van der Waals surface area contributed by atoms with Gasteiger partial charge in [-0.1, -0.05) is 0 Å². The standard InChI is InChI=1S/C32H38F2N4O6/c1-19(2)44-31(40)43-14-13-42-30(39)21-5-8-24(9-6-21)32(4,41)26-10-7-23(18-36-26)25-15-20(3)16-28(37-25)38-27-17-22(29(33)34)11-12-35-27/h7,10-12,15-19,21,24,29,41H,5-6,8-9,13-14H2,1-4H3,(H,35,37,38). The van der Waals surface area contributed by atoms with Gasteiger partial charge in [-0.3, -0.25) is 9.78 Å². The van der Waals surface area contributed by atoms with Crippen molar-refractivity contribution in [3.05, 3.63) is 65.6 Å². The van der Waals surface area contributed by atoms with Gasteiger partial charge in [-0.15, -0.1) is 0 Å². The van der Waals surface area contributed by atoms with Crippen LogP contribution in [0.5, 0.6) is 0 Å². The number of hydrogen-bond donors (Lipinski definition) is 2. The van der Waals surface area contributed by atoms with Crippen LogP contribution in [0.4, 0.5) is 25.2 Å². The molecule has 0 amide bonds. The van der Waals surface area contributed by atoms with Gasteiger partial charge in [0.15, 0.2) is 0 Å². The highest BCUT2D eigenvalue weighted by molar-refractivity contribution is 5.72. The van der Waals surface area contributed by atoms with E-state index in [2.05, 4.69) is 20.3 Å². The van der Waals surface area contributed by atoms with Crippen LogP contribution in [-0.2, 0) is 24.6 Å². The zero-order valence-corrected chi connectivity index (χ0v) is 25.3. The van der Waals surface area contributed by atoms with E-state index in [1.807, 2.05) is 19.1 Å². The van der Waals surface area contributed by atoms with E-state index in [4.69, 9.17) is 14.2 Å². The van der Waals surface area contributed by atoms with Crippen LogP contribution in [0, 0.1) is 18.8 Å². The molecule has 0 radical (unpaired) electrons. The lowest BCUT2D eigenvalue weighted by molar-refractivity contribution is -0.152. The van der Waals surface area contributed by atoms with Gasteiger partial charge in [0.05, 0.1) is 23.4 Å². The number of anilines is 2. The molecule has 10 nitrogen and oxygen atoms in total. The normalized spacial score (nSPS) is 18.0. The van der Waals surface area contributed by atoms with Crippen molar-refractivity contribution < 1.29 is 37.7 Å². The Labute approximate surface area is 255 Å². The van der Waals surface area contributed by atoms with Crippen LogP contribution in [0.3, 0.4) is 0 Å². The monoisotopic (exact) mass is 612 g/mol. The second-order valence-electron chi connectivity index (χ2n) is 11.4. The molecule has 236 valence electrons. The molecule has 0 bridgehead atoms. The van der Waals surface area contributed by atoms with E-state index in [0.717, 1.165) is 11.1 Å². The second kappa shape index (κ2) is 14.5. The van der Waals surface area contributed by atoms with Crippen LogP contribution in [0.2, 0.25) is 0 Å². The summed E-state index contributed by atoms with van der Waals surface area (Å²) >= 11 is 0. The van der Waals surface area contributed by atoms with E-state index in [0.29, 0.717) is 42.9 Å². The van der Waals surface area contributed by atoms with Crippen LogP contribution in [0.1, 0.15) is 69.7 Å². The van der Waals surface area contributed by atoms with Gasteiger partial charge in [-0.25, -0.2) is 23.5 Å². The number of aryl methyl sites for hydroxylation is 1. The first-order chi connectivity index (χ1) is 20.9. The summed E-state index contributed by atoms with van der Waals surface area (Å²) in [6, 6.07) is 9.82. The fourth-order valence-electron chi connectivity index (χ4n) is 5.22. The Kier molecular flexibility index (Phi) is 10.8. The van der Waals surface area contributed by atoms with Gasteiger partial charge < -0.3 is 24.6 Å². The fraction of sp³-hybridized carbons (Fsp3) is 0.469. The van der Waals surface area contributed by atoms with E-state index < -0.39 is 18.2 Å². The van der Waals surface area contributed by atoms with E-state index in [1.165, 1.54) is 18.3 Å². The molecule has 1 aliphatic carbocycles. The third-order valence-electron chi connectivity index (χ3n) is 7.57. The third-order valence-corrected chi connectivity index (χ3v) is 7.57. The zero-order chi connectivity index (χ0) is 31.9. The maximum absolute atomic E-state index is 13.1. The van der Waals surface area contributed by atoms with Crippen molar-refractivity contribution in [3.63, 3.8) is 0 Å². The number of carbonyl (C=O) groups excluding carboxylic acids is 2. The summed E-state index contributed by atoms with van der Waals surface area (Å²) in [6.45, 7) is 6.93. The number of aliphatic hydroxyl groups is 1. The molecule has 4 rings (SSSR count). The molecular formula is C32H38F2N4O6. The molecule has 1 atom stereocenters. The molecule has 44 heavy (non-hydrogen) atoms. The average Bonchev–Trinajstić information content (AvgIpc) is 2.99. The van der Waals surface area contributed by atoms with Gasteiger partial charge in [0.1, 0.15) is 30.5 Å². The first kappa shape index (κ1) is 32.7. The van der Waals surface area contributed by atoms with Crippen LogP contribution < -0.4 is 5.32 Å². The number of hydrogen-bond acceptors (Lipinski definition) is 10. The first-order valence-corrected chi connectivity index (χ1v) is 14.6. The highest BCUT2D eigenvalue weighted by Gasteiger charge is 2.39. The minimum atomic E-state index is -2.60.